The first kappa shape index (κ1) is 15.4. The third-order valence-electron chi connectivity index (χ3n) is 3.31. The summed E-state index contributed by atoms with van der Waals surface area (Å²) >= 11 is 5.91. The molecule has 3 atom stereocenters. The summed E-state index contributed by atoms with van der Waals surface area (Å²) in [6.45, 7) is 7.42. The van der Waals surface area contributed by atoms with Crippen molar-refractivity contribution in [1.82, 2.24) is 5.32 Å². The molecule has 1 aromatic rings. The maximum Gasteiger partial charge on any atom is 0.0940 e. The molecule has 0 amide bonds. The molecule has 18 heavy (non-hydrogen) atoms. The van der Waals surface area contributed by atoms with Crippen molar-refractivity contribution in [2.75, 3.05) is 0 Å². The minimum absolute atomic E-state index is 0.187. The van der Waals surface area contributed by atoms with Crippen LogP contribution in [0.2, 0.25) is 5.02 Å². The van der Waals surface area contributed by atoms with Crippen molar-refractivity contribution in [3.63, 3.8) is 0 Å². The molecule has 0 aromatic heterocycles. The second kappa shape index (κ2) is 6.02. The first-order chi connectivity index (χ1) is 8.24. The second-order valence-electron chi connectivity index (χ2n) is 5.33. The van der Waals surface area contributed by atoms with Crippen LogP contribution in [0.25, 0.3) is 0 Å². The molecule has 0 aliphatic heterocycles. The Morgan fingerprint density at radius 1 is 1.22 bits per heavy atom. The minimum atomic E-state index is -0.665. The van der Waals surface area contributed by atoms with Crippen LogP contribution in [0.1, 0.15) is 39.4 Å². The largest absolute Gasteiger partial charge is 0.392 e. The molecular formula is C14H22ClNO2. The van der Waals surface area contributed by atoms with Crippen LogP contribution in [-0.2, 0) is 0 Å². The second-order valence-corrected chi connectivity index (χ2v) is 5.77. The average Bonchev–Trinajstić information content (AvgIpc) is 2.27. The van der Waals surface area contributed by atoms with Crippen LogP contribution in [0.3, 0.4) is 0 Å². The fourth-order valence-electron chi connectivity index (χ4n) is 1.77. The fraction of sp³-hybridized carbons (Fsp3) is 0.571. The number of aliphatic hydroxyl groups excluding tert-OH is 2. The molecule has 0 spiro atoms. The monoisotopic (exact) mass is 271 g/mol. The third kappa shape index (κ3) is 3.95. The molecule has 102 valence electrons. The Labute approximate surface area is 114 Å². The van der Waals surface area contributed by atoms with Gasteiger partial charge in [0, 0.05) is 16.6 Å². The number of hydrogen-bond donors (Lipinski definition) is 3. The minimum Gasteiger partial charge on any atom is -0.392 e. The Bertz CT molecular complexity index is 393. The van der Waals surface area contributed by atoms with E-state index in [0.717, 1.165) is 5.56 Å². The van der Waals surface area contributed by atoms with Gasteiger partial charge in [0.05, 0.1) is 12.2 Å². The number of hydrogen-bond acceptors (Lipinski definition) is 3. The van der Waals surface area contributed by atoms with E-state index in [9.17, 15) is 10.2 Å². The lowest BCUT2D eigenvalue weighted by Gasteiger charge is -2.34. The maximum absolute atomic E-state index is 10.3. The molecule has 0 aliphatic carbocycles. The standard InChI is InChI=1S/C14H22ClNO2/c1-9(16-14(3,4)10(2)17)13(18)11-6-5-7-12(15)8-11/h5-10,13,16-18H,1-4H3. The Balaban J connectivity index is 2.76. The zero-order valence-corrected chi connectivity index (χ0v) is 12.1. The fourth-order valence-corrected chi connectivity index (χ4v) is 1.96. The zero-order valence-electron chi connectivity index (χ0n) is 11.3. The van der Waals surface area contributed by atoms with E-state index in [1.807, 2.05) is 32.9 Å². The predicted molar refractivity (Wildman–Crippen MR) is 74.8 cm³/mol. The number of rotatable bonds is 5. The van der Waals surface area contributed by atoms with E-state index in [1.54, 1.807) is 19.1 Å². The predicted octanol–water partition coefficient (Wildman–Crippen LogP) is 2.51. The van der Waals surface area contributed by atoms with Gasteiger partial charge in [-0.2, -0.15) is 0 Å². The van der Waals surface area contributed by atoms with Crippen molar-refractivity contribution >= 4 is 11.6 Å². The molecule has 1 rings (SSSR count). The first-order valence-electron chi connectivity index (χ1n) is 6.13. The van der Waals surface area contributed by atoms with Crippen molar-refractivity contribution in [3.05, 3.63) is 34.9 Å². The molecular weight excluding hydrogens is 250 g/mol. The number of nitrogens with one attached hydrogen (secondary N) is 1. The van der Waals surface area contributed by atoms with Crippen molar-refractivity contribution < 1.29 is 10.2 Å². The van der Waals surface area contributed by atoms with Crippen LogP contribution in [0.15, 0.2) is 24.3 Å². The van der Waals surface area contributed by atoms with Gasteiger partial charge in [0.25, 0.3) is 0 Å². The van der Waals surface area contributed by atoms with Gasteiger partial charge >= 0.3 is 0 Å². The molecule has 0 aliphatic rings. The summed E-state index contributed by atoms with van der Waals surface area (Å²) in [6, 6.07) is 6.99. The quantitative estimate of drug-likeness (QED) is 0.771. The normalized spacial score (nSPS) is 17.3. The molecule has 1 aromatic carbocycles. The lowest BCUT2D eigenvalue weighted by molar-refractivity contribution is 0.0592. The Morgan fingerprint density at radius 3 is 2.33 bits per heavy atom. The summed E-state index contributed by atoms with van der Waals surface area (Å²) in [7, 11) is 0. The van der Waals surface area contributed by atoms with Crippen molar-refractivity contribution in [2.24, 2.45) is 0 Å². The number of halogens is 1. The Morgan fingerprint density at radius 2 is 1.83 bits per heavy atom. The molecule has 4 heteroatoms. The van der Waals surface area contributed by atoms with E-state index in [0.29, 0.717) is 5.02 Å². The highest BCUT2D eigenvalue weighted by molar-refractivity contribution is 6.30. The van der Waals surface area contributed by atoms with Gasteiger partial charge in [-0.15, -0.1) is 0 Å². The number of benzene rings is 1. The van der Waals surface area contributed by atoms with Crippen molar-refractivity contribution in [1.29, 1.82) is 0 Å². The van der Waals surface area contributed by atoms with Gasteiger partial charge < -0.3 is 15.5 Å². The molecule has 0 bridgehead atoms. The van der Waals surface area contributed by atoms with Gasteiger partial charge in [0.1, 0.15) is 0 Å². The van der Waals surface area contributed by atoms with Crippen LogP contribution < -0.4 is 5.32 Å². The van der Waals surface area contributed by atoms with Gasteiger partial charge in [-0.25, -0.2) is 0 Å². The first-order valence-corrected chi connectivity index (χ1v) is 6.51. The van der Waals surface area contributed by atoms with Gasteiger partial charge in [0.2, 0.25) is 0 Å². The molecule has 0 saturated heterocycles. The average molecular weight is 272 g/mol. The van der Waals surface area contributed by atoms with E-state index < -0.39 is 17.7 Å². The third-order valence-corrected chi connectivity index (χ3v) is 3.54. The van der Waals surface area contributed by atoms with Crippen molar-refractivity contribution in [2.45, 2.75) is 51.5 Å². The van der Waals surface area contributed by atoms with Crippen LogP contribution in [0.4, 0.5) is 0 Å². The van der Waals surface area contributed by atoms with Gasteiger partial charge in [-0.05, 0) is 45.4 Å². The van der Waals surface area contributed by atoms with Gasteiger partial charge in [-0.1, -0.05) is 23.7 Å². The van der Waals surface area contributed by atoms with Crippen molar-refractivity contribution in [3.8, 4) is 0 Å². The van der Waals surface area contributed by atoms with Crippen LogP contribution >= 0.6 is 11.6 Å². The van der Waals surface area contributed by atoms with Crippen LogP contribution in [-0.4, -0.2) is 27.9 Å². The molecule has 0 radical (unpaired) electrons. The summed E-state index contributed by atoms with van der Waals surface area (Å²) < 4.78 is 0. The van der Waals surface area contributed by atoms with Gasteiger partial charge in [-0.3, -0.25) is 0 Å². The Kier molecular flexibility index (Phi) is 5.17. The van der Waals surface area contributed by atoms with E-state index in [4.69, 9.17) is 11.6 Å². The lowest BCUT2D eigenvalue weighted by Crippen LogP contribution is -2.53. The summed E-state index contributed by atoms with van der Waals surface area (Å²) in [6.07, 6.45) is -1.17. The molecule has 0 fully saturated rings. The lowest BCUT2D eigenvalue weighted by atomic mass is 9.95. The van der Waals surface area contributed by atoms with E-state index in [-0.39, 0.29) is 6.04 Å². The maximum atomic E-state index is 10.3. The van der Waals surface area contributed by atoms with E-state index in [2.05, 4.69) is 5.32 Å². The summed E-state index contributed by atoms with van der Waals surface area (Å²) in [5.74, 6) is 0. The molecule has 3 N–H and O–H groups in total. The highest BCUT2D eigenvalue weighted by atomic mass is 35.5. The molecule has 0 heterocycles. The highest BCUT2D eigenvalue weighted by Crippen LogP contribution is 2.22. The van der Waals surface area contributed by atoms with Gasteiger partial charge in [0.15, 0.2) is 0 Å². The number of aliphatic hydroxyl groups is 2. The smallest absolute Gasteiger partial charge is 0.0940 e. The summed E-state index contributed by atoms with van der Waals surface area (Å²) in [4.78, 5) is 0. The van der Waals surface area contributed by atoms with E-state index in [1.165, 1.54) is 0 Å². The molecule has 3 unspecified atom stereocenters. The molecule has 0 saturated carbocycles. The van der Waals surface area contributed by atoms with Crippen LogP contribution in [0.5, 0.6) is 0 Å². The summed E-state index contributed by atoms with van der Waals surface area (Å²) in [5.41, 5.74) is 0.308. The topological polar surface area (TPSA) is 52.5 Å². The van der Waals surface area contributed by atoms with E-state index >= 15 is 0 Å². The SMILES string of the molecule is CC(NC(C)(C)C(C)O)C(O)c1cccc(Cl)c1. The zero-order chi connectivity index (χ0) is 13.9. The summed E-state index contributed by atoms with van der Waals surface area (Å²) in [5, 5.41) is 23.8. The highest BCUT2D eigenvalue weighted by Gasteiger charge is 2.28. The van der Waals surface area contributed by atoms with Crippen LogP contribution in [0, 0.1) is 0 Å². The Hall–Kier alpha value is -0.610. The molecule has 3 nitrogen and oxygen atoms in total.